The van der Waals surface area contributed by atoms with Gasteiger partial charge in [0.2, 0.25) is 17.7 Å². The number of anilines is 1. The van der Waals surface area contributed by atoms with Crippen LogP contribution in [-0.2, 0) is 6.54 Å². The Bertz CT molecular complexity index is 1490. The summed E-state index contributed by atoms with van der Waals surface area (Å²) in [6, 6.07) is 16.0. The highest BCUT2D eigenvalue weighted by Gasteiger charge is 2.23. The van der Waals surface area contributed by atoms with Crippen molar-refractivity contribution in [3.8, 4) is 17.7 Å². The van der Waals surface area contributed by atoms with Gasteiger partial charge in [-0.25, -0.2) is 4.98 Å². The molecule has 38 heavy (non-hydrogen) atoms. The van der Waals surface area contributed by atoms with E-state index >= 15 is 0 Å². The van der Waals surface area contributed by atoms with Crippen LogP contribution in [0, 0.1) is 25.2 Å². The number of hydrogen-bond donors (Lipinski definition) is 3. The number of amides is 1. The predicted octanol–water partition coefficient (Wildman–Crippen LogP) is 5.58. The summed E-state index contributed by atoms with van der Waals surface area (Å²) < 4.78 is 7.22. The van der Waals surface area contributed by atoms with Crippen molar-refractivity contribution in [2.75, 3.05) is 5.32 Å². The van der Waals surface area contributed by atoms with E-state index in [9.17, 15) is 10.1 Å². The number of nitriles is 1. The Morgan fingerprint density at radius 2 is 1.84 bits per heavy atom. The van der Waals surface area contributed by atoms with Gasteiger partial charge in [-0.1, -0.05) is 12.1 Å². The van der Waals surface area contributed by atoms with Gasteiger partial charge in [-0.15, -0.1) is 11.3 Å². The number of thiophene rings is 1. The number of nitrogens with two attached hydrogens (primary N) is 1. The smallest absolute Gasteiger partial charge is 0.248 e. The largest absolute Gasteiger partial charge is 0.437 e. The third-order valence-corrected chi connectivity index (χ3v) is 7.82. The molecule has 2 heterocycles. The van der Waals surface area contributed by atoms with Crippen LogP contribution in [-0.4, -0.2) is 28.0 Å². The lowest BCUT2D eigenvalue weighted by Crippen LogP contribution is -2.36. The molecule has 9 heteroatoms. The number of ether oxygens (including phenoxy) is 1. The molecule has 0 spiro atoms. The summed E-state index contributed by atoms with van der Waals surface area (Å²) in [4.78, 5) is 20.9. The Kier molecular flexibility index (Phi) is 7.54. The van der Waals surface area contributed by atoms with Crippen LogP contribution in [0.2, 0.25) is 0 Å². The molecule has 1 aliphatic carbocycles. The van der Waals surface area contributed by atoms with Crippen molar-refractivity contribution in [3.05, 3.63) is 75.7 Å². The first-order valence-corrected chi connectivity index (χ1v) is 13.6. The van der Waals surface area contributed by atoms with Crippen LogP contribution < -0.4 is 21.1 Å². The quantitative estimate of drug-likeness (QED) is 0.273. The number of aromatic nitrogens is 2. The minimum absolute atomic E-state index is 0.272. The molecule has 0 saturated heterocycles. The van der Waals surface area contributed by atoms with Gasteiger partial charge in [0.15, 0.2) is 0 Å². The van der Waals surface area contributed by atoms with E-state index in [1.54, 1.807) is 17.4 Å². The molecule has 0 atom stereocenters. The van der Waals surface area contributed by atoms with Crippen molar-refractivity contribution in [2.24, 2.45) is 5.73 Å². The van der Waals surface area contributed by atoms with Gasteiger partial charge in [-0.05, 0) is 91.9 Å². The number of nitrogens with zero attached hydrogens (tertiary/aromatic N) is 3. The molecule has 0 radical (unpaired) electrons. The van der Waals surface area contributed by atoms with E-state index < -0.39 is 5.91 Å². The van der Waals surface area contributed by atoms with E-state index in [0.29, 0.717) is 35.5 Å². The second-order valence-corrected chi connectivity index (χ2v) is 10.7. The summed E-state index contributed by atoms with van der Waals surface area (Å²) in [5.41, 5.74) is 10.2. The van der Waals surface area contributed by atoms with E-state index in [4.69, 9.17) is 20.4 Å². The Morgan fingerprint density at radius 3 is 2.55 bits per heavy atom. The summed E-state index contributed by atoms with van der Waals surface area (Å²) in [5, 5.41) is 18.4. The van der Waals surface area contributed by atoms with Gasteiger partial charge in [0, 0.05) is 24.2 Å². The highest BCUT2D eigenvalue weighted by Crippen LogP contribution is 2.36. The van der Waals surface area contributed by atoms with Crippen LogP contribution in [0.25, 0.3) is 10.2 Å². The van der Waals surface area contributed by atoms with E-state index in [-0.39, 0.29) is 6.04 Å². The zero-order valence-corrected chi connectivity index (χ0v) is 22.3. The maximum absolute atomic E-state index is 11.4. The van der Waals surface area contributed by atoms with Gasteiger partial charge in [0.05, 0.1) is 17.1 Å². The average Bonchev–Trinajstić information content (AvgIpc) is 3.39. The van der Waals surface area contributed by atoms with Crippen LogP contribution in [0.15, 0.2) is 47.8 Å². The molecule has 8 nitrogen and oxygen atoms in total. The molecule has 0 aliphatic heterocycles. The van der Waals surface area contributed by atoms with E-state index in [2.05, 4.69) is 16.7 Å². The standard InChI is InChI=1S/C29H30N6O2S/c1-17-12-20(15-30)13-18(2)25(17)37-28-26-24(10-11-38-26)34-29(35-28)33-23-8-6-22(7-9-23)32-16-19-4-3-5-21(14-19)27(31)36/h3-5,10-14,22-23,32H,6-9,16H2,1-2H3,(H2,31,36)(H,33,34,35). The van der Waals surface area contributed by atoms with Crippen LogP contribution in [0.5, 0.6) is 11.6 Å². The number of nitrogens with one attached hydrogen (secondary N) is 2. The van der Waals surface area contributed by atoms with Gasteiger partial charge in [-0.2, -0.15) is 10.2 Å². The van der Waals surface area contributed by atoms with Crippen molar-refractivity contribution < 1.29 is 9.53 Å². The lowest BCUT2D eigenvalue weighted by atomic mass is 9.91. The predicted molar refractivity (Wildman–Crippen MR) is 150 cm³/mol. The highest BCUT2D eigenvalue weighted by atomic mass is 32.1. The summed E-state index contributed by atoms with van der Waals surface area (Å²) in [6.07, 6.45) is 4.05. The number of hydrogen-bond acceptors (Lipinski definition) is 8. The van der Waals surface area contributed by atoms with Gasteiger partial charge in [0.1, 0.15) is 10.4 Å². The number of carbonyl (C=O) groups excluding carboxylic acids is 1. The fraction of sp³-hybridized carbons (Fsp3) is 0.310. The molecule has 4 aromatic rings. The van der Waals surface area contributed by atoms with Crippen molar-refractivity contribution in [3.63, 3.8) is 0 Å². The molecule has 0 bridgehead atoms. The minimum Gasteiger partial charge on any atom is -0.437 e. The second-order valence-electron chi connectivity index (χ2n) is 9.78. The molecular weight excluding hydrogens is 496 g/mol. The number of primary amides is 1. The fourth-order valence-electron chi connectivity index (χ4n) is 4.96. The number of carbonyl (C=O) groups is 1. The van der Waals surface area contributed by atoms with E-state index in [1.165, 1.54) is 0 Å². The molecular formula is C29H30N6O2S. The topological polar surface area (TPSA) is 126 Å². The van der Waals surface area contributed by atoms with Gasteiger partial charge in [-0.3, -0.25) is 4.79 Å². The monoisotopic (exact) mass is 526 g/mol. The summed E-state index contributed by atoms with van der Waals surface area (Å²) >= 11 is 1.55. The van der Waals surface area contributed by atoms with E-state index in [0.717, 1.165) is 58.3 Å². The first-order valence-electron chi connectivity index (χ1n) is 12.7. The second kappa shape index (κ2) is 11.2. The zero-order valence-electron chi connectivity index (χ0n) is 21.5. The Balaban J connectivity index is 1.23. The number of fused-ring (bicyclic) bond motifs is 1. The average molecular weight is 527 g/mol. The van der Waals surface area contributed by atoms with Crippen molar-refractivity contribution in [1.82, 2.24) is 15.3 Å². The molecule has 1 saturated carbocycles. The first kappa shape index (κ1) is 25.6. The SMILES string of the molecule is Cc1cc(C#N)cc(C)c1Oc1nc(NC2CCC(NCc3cccc(C(N)=O)c3)CC2)nc2ccsc12. The molecule has 1 aliphatic rings. The lowest BCUT2D eigenvalue weighted by Gasteiger charge is -2.30. The Labute approximate surface area is 225 Å². The van der Waals surface area contributed by atoms with Crippen LogP contribution in [0.3, 0.4) is 0 Å². The first-order chi connectivity index (χ1) is 18.4. The van der Waals surface area contributed by atoms with Crippen molar-refractivity contribution >= 4 is 33.4 Å². The van der Waals surface area contributed by atoms with Crippen molar-refractivity contribution in [1.29, 1.82) is 5.26 Å². The Hall–Kier alpha value is -4.00. The normalized spacial score (nSPS) is 17.2. The molecule has 4 N–H and O–H groups in total. The molecule has 5 rings (SSSR count). The molecule has 1 fully saturated rings. The van der Waals surface area contributed by atoms with Crippen molar-refractivity contribution in [2.45, 2.75) is 58.2 Å². The number of rotatable bonds is 8. The maximum Gasteiger partial charge on any atom is 0.248 e. The summed E-state index contributed by atoms with van der Waals surface area (Å²) in [5.74, 6) is 1.40. The number of aryl methyl sites for hydroxylation is 2. The molecule has 2 aromatic heterocycles. The van der Waals surface area contributed by atoms with E-state index in [1.807, 2.05) is 55.6 Å². The lowest BCUT2D eigenvalue weighted by molar-refractivity contribution is 0.1000. The van der Waals surface area contributed by atoms with Crippen LogP contribution in [0.1, 0.15) is 58.3 Å². The third-order valence-electron chi connectivity index (χ3n) is 6.93. The van der Waals surface area contributed by atoms with Crippen LogP contribution >= 0.6 is 11.3 Å². The highest BCUT2D eigenvalue weighted by molar-refractivity contribution is 7.17. The maximum atomic E-state index is 11.4. The summed E-state index contributed by atoms with van der Waals surface area (Å²) in [6.45, 7) is 4.59. The molecule has 2 aromatic carbocycles. The molecule has 1 amide bonds. The molecule has 0 unspecified atom stereocenters. The fourth-order valence-corrected chi connectivity index (χ4v) is 5.72. The van der Waals surface area contributed by atoms with Gasteiger partial charge in [0.25, 0.3) is 0 Å². The van der Waals surface area contributed by atoms with Gasteiger partial charge < -0.3 is 21.1 Å². The van der Waals surface area contributed by atoms with Crippen LogP contribution in [0.4, 0.5) is 5.95 Å². The Morgan fingerprint density at radius 1 is 1.11 bits per heavy atom. The zero-order chi connectivity index (χ0) is 26.6. The third kappa shape index (κ3) is 5.77. The van der Waals surface area contributed by atoms with Gasteiger partial charge >= 0.3 is 0 Å². The number of benzene rings is 2. The summed E-state index contributed by atoms with van der Waals surface area (Å²) in [7, 11) is 0. The minimum atomic E-state index is -0.406. The molecule has 194 valence electrons.